The molecule has 2 aromatic heterocycles. The van der Waals surface area contributed by atoms with Gasteiger partial charge in [-0.25, -0.2) is 4.98 Å². The Kier molecular flexibility index (Phi) is 1.96. The van der Waals surface area contributed by atoms with Crippen LogP contribution in [0.15, 0.2) is 42.7 Å². The summed E-state index contributed by atoms with van der Waals surface area (Å²) in [4.78, 5) is 4.60. The summed E-state index contributed by atoms with van der Waals surface area (Å²) in [5.74, 6) is 0. The van der Waals surface area contributed by atoms with Gasteiger partial charge in [-0.05, 0) is 25.1 Å². The van der Waals surface area contributed by atoms with Gasteiger partial charge in [0.25, 0.3) is 0 Å². The molecule has 0 bridgehead atoms. The van der Waals surface area contributed by atoms with Crippen LogP contribution in [0.2, 0.25) is 0 Å². The maximum Gasteiger partial charge on any atom is 0.0741 e. The third kappa shape index (κ3) is 1.46. The highest BCUT2D eigenvalue weighted by atomic mass is 15.1. The molecule has 1 aromatic carbocycles. The Bertz CT molecular complexity index is 627. The normalized spacial score (nSPS) is 10.8. The summed E-state index contributed by atoms with van der Waals surface area (Å²) in [7, 11) is 0. The highest BCUT2D eigenvalue weighted by Gasteiger charge is 2.02. The third-order valence-corrected chi connectivity index (χ3v) is 2.64. The molecule has 0 amide bonds. The molecule has 1 N–H and O–H groups in total. The predicted molar refractivity (Wildman–Crippen MR) is 64.1 cm³/mol. The number of rotatable bonds is 1. The second-order valence-electron chi connectivity index (χ2n) is 3.88. The molecular formula is C13H11N3. The number of aromatic nitrogens is 3. The molecule has 16 heavy (non-hydrogen) atoms. The first-order valence-corrected chi connectivity index (χ1v) is 5.19. The number of benzene rings is 1. The van der Waals surface area contributed by atoms with Gasteiger partial charge in [-0.1, -0.05) is 17.7 Å². The maximum absolute atomic E-state index is 4.60. The summed E-state index contributed by atoms with van der Waals surface area (Å²) in [6.07, 6.45) is 3.63. The predicted octanol–water partition coefficient (Wildman–Crippen LogP) is 2.93. The smallest absolute Gasteiger partial charge is 0.0741 e. The molecule has 0 aliphatic heterocycles. The average Bonchev–Trinajstić information content (AvgIpc) is 2.82. The van der Waals surface area contributed by atoms with Crippen molar-refractivity contribution >= 4 is 10.9 Å². The van der Waals surface area contributed by atoms with Crippen molar-refractivity contribution < 1.29 is 0 Å². The fourth-order valence-electron chi connectivity index (χ4n) is 1.80. The Labute approximate surface area is 93.2 Å². The molecule has 0 saturated heterocycles. The first-order chi connectivity index (χ1) is 7.83. The van der Waals surface area contributed by atoms with Crippen molar-refractivity contribution in [3.05, 3.63) is 48.3 Å². The summed E-state index contributed by atoms with van der Waals surface area (Å²) in [5.41, 5.74) is 4.24. The van der Waals surface area contributed by atoms with Crippen LogP contribution in [0.25, 0.3) is 22.2 Å². The van der Waals surface area contributed by atoms with Crippen LogP contribution in [0.1, 0.15) is 5.56 Å². The van der Waals surface area contributed by atoms with Gasteiger partial charge in [0.15, 0.2) is 0 Å². The number of H-pyrrole nitrogens is 1. The van der Waals surface area contributed by atoms with Crippen LogP contribution < -0.4 is 0 Å². The zero-order valence-corrected chi connectivity index (χ0v) is 8.94. The standard InChI is InChI=1S/C13H11N3/c1-9-2-4-12-10(6-9)3-5-13(16-12)11-7-14-15-8-11/h2-8H,1H3,(H,14,15). The monoisotopic (exact) mass is 209 g/mol. The van der Waals surface area contributed by atoms with Crippen molar-refractivity contribution in [1.29, 1.82) is 0 Å². The molecule has 0 unspecified atom stereocenters. The van der Waals surface area contributed by atoms with Gasteiger partial charge in [0.2, 0.25) is 0 Å². The lowest BCUT2D eigenvalue weighted by atomic mass is 10.1. The van der Waals surface area contributed by atoms with Crippen LogP contribution in [0, 0.1) is 6.92 Å². The van der Waals surface area contributed by atoms with Crippen molar-refractivity contribution in [2.75, 3.05) is 0 Å². The number of aryl methyl sites for hydroxylation is 1. The van der Waals surface area contributed by atoms with Crippen molar-refractivity contribution in [2.45, 2.75) is 6.92 Å². The lowest BCUT2D eigenvalue weighted by Gasteiger charge is -2.01. The van der Waals surface area contributed by atoms with E-state index in [4.69, 9.17) is 0 Å². The zero-order valence-electron chi connectivity index (χ0n) is 8.94. The highest BCUT2D eigenvalue weighted by Crippen LogP contribution is 2.20. The number of nitrogens with one attached hydrogen (secondary N) is 1. The van der Waals surface area contributed by atoms with E-state index in [1.807, 2.05) is 18.3 Å². The van der Waals surface area contributed by atoms with E-state index in [1.165, 1.54) is 10.9 Å². The van der Waals surface area contributed by atoms with Gasteiger partial charge in [0.05, 0.1) is 17.4 Å². The van der Waals surface area contributed by atoms with Crippen LogP contribution in [0.3, 0.4) is 0 Å². The lowest BCUT2D eigenvalue weighted by Crippen LogP contribution is -1.84. The minimum atomic E-state index is 0.949. The number of hydrogen-bond acceptors (Lipinski definition) is 2. The van der Waals surface area contributed by atoms with E-state index in [9.17, 15) is 0 Å². The fourth-order valence-corrected chi connectivity index (χ4v) is 1.80. The van der Waals surface area contributed by atoms with Crippen LogP contribution >= 0.6 is 0 Å². The van der Waals surface area contributed by atoms with E-state index in [2.05, 4.69) is 40.3 Å². The SMILES string of the molecule is Cc1ccc2nc(-c3cn[nH]c3)ccc2c1. The van der Waals surface area contributed by atoms with Gasteiger partial charge in [-0.2, -0.15) is 5.10 Å². The summed E-state index contributed by atoms with van der Waals surface area (Å²) in [5, 5.41) is 7.90. The van der Waals surface area contributed by atoms with Crippen LogP contribution in [-0.2, 0) is 0 Å². The topological polar surface area (TPSA) is 41.6 Å². The van der Waals surface area contributed by atoms with Crippen molar-refractivity contribution in [1.82, 2.24) is 15.2 Å². The summed E-state index contributed by atoms with van der Waals surface area (Å²) in [6, 6.07) is 10.4. The zero-order chi connectivity index (χ0) is 11.0. The minimum Gasteiger partial charge on any atom is -0.285 e. The van der Waals surface area contributed by atoms with E-state index < -0.39 is 0 Å². The average molecular weight is 209 g/mol. The minimum absolute atomic E-state index is 0.949. The molecule has 0 aliphatic carbocycles. The van der Waals surface area contributed by atoms with E-state index in [0.29, 0.717) is 0 Å². The summed E-state index contributed by atoms with van der Waals surface area (Å²) >= 11 is 0. The van der Waals surface area contributed by atoms with Crippen molar-refractivity contribution in [2.24, 2.45) is 0 Å². The number of hydrogen-bond donors (Lipinski definition) is 1. The van der Waals surface area contributed by atoms with Gasteiger partial charge < -0.3 is 0 Å². The highest BCUT2D eigenvalue weighted by molar-refractivity contribution is 5.81. The van der Waals surface area contributed by atoms with Gasteiger partial charge in [0, 0.05) is 17.1 Å². The number of aromatic amines is 1. The van der Waals surface area contributed by atoms with E-state index >= 15 is 0 Å². The Balaban J connectivity index is 2.20. The molecule has 0 fully saturated rings. The Morgan fingerprint density at radius 3 is 2.88 bits per heavy atom. The second kappa shape index (κ2) is 3.45. The van der Waals surface area contributed by atoms with E-state index in [-0.39, 0.29) is 0 Å². The largest absolute Gasteiger partial charge is 0.285 e. The fraction of sp³-hybridized carbons (Fsp3) is 0.0769. The van der Waals surface area contributed by atoms with Crippen LogP contribution in [0.4, 0.5) is 0 Å². The third-order valence-electron chi connectivity index (χ3n) is 2.64. The Morgan fingerprint density at radius 2 is 2.06 bits per heavy atom. The number of nitrogens with zero attached hydrogens (tertiary/aromatic N) is 2. The van der Waals surface area contributed by atoms with Gasteiger partial charge in [-0.15, -0.1) is 0 Å². The quantitative estimate of drug-likeness (QED) is 0.669. The number of pyridine rings is 1. The molecule has 78 valence electrons. The Hall–Kier alpha value is -2.16. The molecule has 3 heteroatoms. The lowest BCUT2D eigenvalue weighted by molar-refractivity contribution is 1.09. The maximum atomic E-state index is 4.60. The first kappa shape index (κ1) is 9.09. The summed E-state index contributed by atoms with van der Waals surface area (Å²) in [6.45, 7) is 2.09. The Morgan fingerprint density at radius 1 is 1.12 bits per heavy atom. The molecule has 2 heterocycles. The van der Waals surface area contributed by atoms with Gasteiger partial charge in [-0.3, -0.25) is 5.10 Å². The summed E-state index contributed by atoms with van der Waals surface area (Å²) < 4.78 is 0. The molecule has 3 aromatic rings. The van der Waals surface area contributed by atoms with Gasteiger partial charge in [0.1, 0.15) is 0 Å². The van der Waals surface area contributed by atoms with Crippen LogP contribution in [0.5, 0.6) is 0 Å². The van der Waals surface area contributed by atoms with Crippen LogP contribution in [-0.4, -0.2) is 15.2 Å². The van der Waals surface area contributed by atoms with E-state index in [0.717, 1.165) is 16.8 Å². The molecule has 0 radical (unpaired) electrons. The molecule has 0 aliphatic rings. The van der Waals surface area contributed by atoms with Crippen molar-refractivity contribution in [3.63, 3.8) is 0 Å². The molecular weight excluding hydrogens is 198 g/mol. The first-order valence-electron chi connectivity index (χ1n) is 5.19. The molecule has 3 rings (SSSR count). The molecule has 3 nitrogen and oxygen atoms in total. The number of fused-ring (bicyclic) bond motifs is 1. The molecule has 0 atom stereocenters. The second-order valence-corrected chi connectivity index (χ2v) is 3.88. The van der Waals surface area contributed by atoms with Gasteiger partial charge >= 0.3 is 0 Å². The molecule has 0 saturated carbocycles. The molecule has 0 spiro atoms. The van der Waals surface area contributed by atoms with Crippen molar-refractivity contribution in [3.8, 4) is 11.3 Å². The van der Waals surface area contributed by atoms with E-state index in [1.54, 1.807) is 6.20 Å².